The van der Waals surface area contributed by atoms with E-state index in [4.69, 9.17) is 9.63 Å². The molecular weight excluding hydrogens is 197 g/mol. The van der Waals surface area contributed by atoms with Gasteiger partial charge in [0.1, 0.15) is 17.3 Å². The molecule has 3 nitrogen and oxygen atoms in total. The normalized spacial score (nSPS) is 10.5. The monoisotopic (exact) mass is 207 g/mol. The maximum absolute atomic E-state index is 12.9. The first-order valence-corrected chi connectivity index (χ1v) is 4.57. The standard InChI is InChI=1S/C11H10FNO2/c12-9-3-1-2-8(4-9)5-11-6-10(7-14)13-15-11/h1-4,6,14H,5,7H2. The number of hydrogen-bond donors (Lipinski definition) is 1. The first-order valence-electron chi connectivity index (χ1n) is 4.57. The Balaban J connectivity index is 2.14. The molecule has 15 heavy (non-hydrogen) atoms. The van der Waals surface area contributed by atoms with Crippen molar-refractivity contribution in [3.8, 4) is 0 Å². The van der Waals surface area contributed by atoms with Gasteiger partial charge in [0.2, 0.25) is 0 Å². The summed E-state index contributed by atoms with van der Waals surface area (Å²) in [5.41, 5.74) is 1.30. The molecule has 0 saturated heterocycles. The van der Waals surface area contributed by atoms with Crippen molar-refractivity contribution in [3.05, 3.63) is 53.2 Å². The molecule has 0 amide bonds. The fourth-order valence-corrected chi connectivity index (χ4v) is 1.36. The van der Waals surface area contributed by atoms with Crippen LogP contribution in [0.15, 0.2) is 34.9 Å². The number of rotatable bonds is 3. The number of aliphatic hydroxyl groups excluding tert-OH is 1. The molecule has 0 fully saturated rings. The van der Waals surface area contributed by atoms with Gasteiger partial charge < -0.3 is 9.63 Å². The summed E-state index contributed by atoms with van der Waals surface area (Å²) in [6, 6.07) is 7.95. The number of aromatic nitrogens is 1. The Morgan fingerprint density at radius 1 is 1.33 bits per heavy atom. The molecule has 78 valence electrons. The van der Waals surface area contributed by atoms with Crippen LogP contribution in [0.5, 0.6) is 0 Å². The van der Waals surface area contributed by atoms with Crippen LogP contribution in [0.1, 0.15) is 17.0 Å². The first-order chi connectivity index (χ1) is 7.28. The zero-order valence-electron chi connectivity index (χ0n) is 7.98. The van der Waals surface area contributed by atoms with Crippen molar-refractivity contribution in [1.29, 1.82) is 0 Å². The van der Waals surface area contributed by atoms with Gasteiger partial charge in [-0.1, -0.05) is 17.3 Å². The number of nitrogens with zero attached hydrogens (tertiary/aromatic N) is 1. The predicted octanol–water partition coefficient (Wildman–Crippen LogP) is 1.90. The van der Waals surface area contributed by atoms with Gasteiger partial charge in [0.15, 0.2) is 0 Å². The quantitative estimate of drug-likeness (QED) is 0.836. The molecule has 4 heteroatoms. The van der Waals surface area contributed by atoms with Gasteiger partial charge >= 0.3 is 0 Å². The summed E-state index contributed by atoms with van der Waals surface area (Å²) in [5, 5.41) is 12.4. The highest BCUT2D eigenvalue weighted by Gasteiger charge is 2.04. The van der Waals surface area contributed by atoms with E-state index in [1.807, 2.05) is 6.07 Å². The van der Waals surface area contributed by atoms with Crippen molar-refractivity contribution in [2.24, 2.45) is 0 Å². The van der Waals surface area contributed by atoms with E-state index in [2.05, 4.69) is 5.16 Å². The van der Waals surface area contributed by atoms with E-state index in [9.17, 15) is 4.39 Å². The molecule has 0 aliphatic heterocycles. The average molecular weight is 207 g/mol. The fourth-order valence-electron chi connectivity index (χ4n) is 1.36. The molecule has 0 unspecified atom stereocenters. The topological polar surface area (TPSA) is 46.3 Å². The molecule has 0 spiro atoms. The lowest BCUT2D eigenvalue weighted by molar-refractivity contribution is 0.265. The van der Waals surface area contributed by atoms with Gasteiger partial charge in [0, 0.05) is 12.5 Å². The molecule has 0 atom stereocenters. The highest BCUT2D eigenvalue weighted by atomic mass is 19.1. The Labute approximate surface area is 86.1 Å². The van der Waals surface area contributed by atoms with Gasteiger partial charge in [-0.25, -0.2) is 4.39 Å². The van der Waals surface area contributed by atoms with E-state index < -0.39 is 0 Å². The second-order valence-corrected chi connectivity index (χ2v) is 3.25. The molecule has 2 aromatic rings. The largest absolute Gasteiger partial charge is 0.390 e. The van der Waals surface area contributed by atoms with Crippen molar-refractivity contribution in [3.63, 3.8) is 0 Å². The predicted molar refractivity (Wildman–Crippen MR) is 51.6 cm³/mol. The molecule has 0 aliphatic rings. The van der Waals surface area contributed by atoms with E-state index in [-0.39, 0.29) is 12.4 Å². The summed E-state index contributed by atoms with van der Waals surface area (Å²) in [6.45, 7) is -0.146. The SMILES string of the molecule is OCc1cc(Cc2cccc(F)c2)on1. The number of aliphatic hydroxyl groups is 1. The second-order valence-electron chi connectivity index (χ2n) is 3.25. The van der Waals surface area contributed by atoms with Gasteiger partial charge in [0.25, 0.3) is 0 Å². The molecule has 1 aromatic carbocycles. The Kier molecular flexibility index (Phi) is 2.78. The Morgan fingerprint density at radius 2 is 2.20 bits per heavy atom. The summed E-state index contributed by atoms with van der Waals surface area (Å²) in [6.07, 6.45) is 0.477. The van der Waals surface area contributed by atoms with Gasteiger partial charge in [0.05, 0.1) is 6.61 Å². The summed E-state index contributed by atoms with van der Waals surface area (Å²) in [4.78, 5) is 0. The Bertz CT molecular complexity index is 453. The van der Waals surface area contributed by atoms with E-state index >= 15 is 0 Å². The van der Waals surface area contributed by atoms with Crippen LogP contribution in [0, 0.1) is 5.82 Å². The average Bonchev–Trinajstić information content (AvgIpc) is 2.65. The van der Waals surface area contributed by atoms with E-state index in [1.54, 1.807) is 12.1 Å². The van der Waals surface area contributed by atoms with Crippen LogP contribution in [0.25, 0.3) is 0 Å². The third kappa shape index (κ3) is 2.41. The van der Waals surface area contributed by atoms with Crippen molar-refractivity contribution in [2.45, 2.75) is 13.0 Å². The fraction of sp³-hybridized carbons (Fsp3) is 0.182. The van der Waals surface area contributed by atoms with Crippen LogP contribution in [0.4, 0.5) is 4.39 Å². The highest BCUT2D eigenvalue weighted by molar-refractivity contribution is 5.21. The van der Waals surface area contributed by atoms with Gasteiger partial charge in [-0.2, -0.15) is 0 Å². The minimum absolute atomic E-state index is 0.146. The number of benzene rings is 1. The van der Waals surface area contributed by atoms with Crippen LogP contribution in [-0.2, 0) is 13.0 Å². The molecule has 1 N–H and O–H groups in total. The first kappa shape index (κ1) is 9.86. The van der Waals surface area contributed by atoms with Crippen LogP contribution in [-0.4, -0.2) is 10.3 Å². The van der Waals surface area contributed by atoms with Crippen LogP contribution >= 0.6 is 0 Å². The van der Waals surface area contributed by atoms with Gasteiger partial charge in [-0.15, -0.1) is 0 Å². The third-order valence-corrected chi connectivity index (χ3v) is 2.04. The summed E-state index contributed by atoms with van der Waals surface area (Å²) >= 11 is 0. The Hall–Kier alpha value is -1.68. The second kappa shape index (κ2) is 4.23. The molecule has 0 bridgehead atoms. The molecule has 1 heterocycles. The minimum Gasteiger partial charge on any atom is -0.390 e. The smallest absolute Gasteiger partial charge is 0.141 e. The lowest BCUT2D eigenvalue weighted by Gasteiger charge is -1.96. The lowest BCUT2D eigenvalue weighted by atomic mass is 10.1. The molecule has 0 radical (unpaired) electrons. The Morgan fingerprint density at radius 3 is 2.87 bits per heavy atom. The molecule has 0 saturated carbocycles. The molecular formula is C11H10FNO2. The van der Waals surface area contributed by atoms with Gasteiger partial charge in [-0.3, -0.25) is 0 Å². The number of halogens is 1. The van der Waals surface area contributed by atoms with E-state index in [0.717, 1.165) is 5.56 Å². The zero-order chi connectivity index (χ0) is 10.7. The van der Waals surface area contributed by atoms with E-state index in [0.29, 0.717) is 17.9 Å². The van der Waals surface area contributed by atoms with E-state index in [1.165, 1.54) is 12.1 Å². The van der Waals surface area contributed by atoms with Crippen LogP contribution < -0.4 is 0 Å². The highest BCUT2D eigenvalue weighted by Crippen LogP contribution is 2.12. The van der Waals surface area contributed by atoms with Crippen molar-refractivity contribution in [2.75, 3.05) is 0 Å². The molecule has 1 aromatic heterocycles. The maximum atomic E-state index is 12.9. The van der Waals surface area contributed by atoms with Crippen LogP contribution in [0.3, 0.4) is 0 Å². The van der Waals surface area contributed by atoms with Crippen molar-refractivity contribution in [1.82, 2.24) is 5.16 Å². The van der Waals surface area contributed by atoms with Gasteiger partial charge in [-0.05, 0) is 17.7 Å². The zero-order valence-corrected chi connectivity index (χ0v) is 7.98. The lowest BCUT2D eigenvalue weighted by Crippen LogP contribution is -1.86. The summed E-state index contributed by atoms with van der Waals surface area (Å²) in [5.74, 6) is 0.346. The number of hydrogen-bond acceptors (Lipinski definition) is 3. The van der Waals surface area contributed by atoms with Crippen molar-refractivity contribution < 1.29 is 14.0 Å². The third-order valence-electron chi connectivity index (χ3n) is 2.04. The maximum Gasteiger partial charge on any atom is 0.141 e. The summed E-state index contributed by atoms with van der Waals surface area (Å²) < 4.78 is 17.8. The van der Waals surface area contributed by atoms with Crippen molar-refractivity contribution >= 4 is 0 Å². The minimum atomic E-state index is -0.269. The molecule has 2 rings (SSSR count). The summed E-state index contributed by atoms with van der Waals surface area (Å²) in [7, 11) is 0. The molecule has 0 aliphatic carbocycles. The van der Waals surface area contributed by atoms with Crippen LogP contribution in [0.2, 0.25) is 0 Å².